The Labute approximate surface area is 222 Å². The van der Waals surface area contributed by atoms with Crippen LogP contribution >= 0.6 is 0 Å². The normalized spacial score (nSPS) is 21.2. The van der Waals surface area contributed by atoms with E-state index >= 15 is 0 Å². The molecule has 0 aromatic heterocycles. The molecule has 0 aliphatic carbocycles. The molecule has 206 valence electrons. The standard InChI is InChI=1S/C26H35BF2N4O5/c1-25(2,33-13-11-26(28,29)18-33)14-20(16-30)23(34)32-12-7-6-10-21(17-32)38-24(35)31-22(15-27(36)37)19-8-4-3-5-9-19/h3-5,8-9,14,21-22,36-37H,6-7,10-13,15,17-18H2,1-2H3,(H,31,35)/t21-,22-/m1/s1. The van der Waals surface area contributed by atoms with Gasteiger partial charge in [0, 0.05) is 31.4 Å². The summed E-state index contributed by atoms with van der Waals surface area (Å²) in [6, 6.07) is 10.1. The number of carbonyl (C=O) groups excluding carboxylic acids is 2. The van der Waals surface area contributed by atoms with Crippen molar-refractivity contribution in [1.82, 2.24) is 15.1 Å². The number of nitriles is 1. The number of hydrogen-bond acceptors (Lipinski definition) is 7. The van der Waals surface area contributed by atoms with Gasteiger partial charge in [0.1, 0.15) is 17.7 Å². The molecule has 1 aromatic carbocycles. The summed E-state index contributed by atoms with van der Waals surface area (Å²) in [6.07, 6.45) is 1.49. The Morgan fingerprint density at radius 2 is 2.00 bits per heavy atom. The van der Waals surface area contributed by atoms with Gasteiger partial charge in [-0.1, -0.05) is 30.3 Å². The van der Waals surface area contributed by atoms with Crippen LogP contribution < -0.4 is 5.32 Å². The van der Waals surface area contributed by atoms with Crippen molar-refractivity contribution in [3.05, 3.63) is 47.5 Å². The molecule has 0 radical (unpaired) electrons. The lowest BCUT2D eigenvalue weighted by atomic mass is 9.79. The molecule has 0 saturated carbocycles. The molecule has 2 fully saturated rings. The van der Waals surface area contributed by atoms with Crippen molar-refractivity contribution in [1.29, 1.82) is 5.26 Å². The van der Waals surface area contributed by atoms with Crippen LogP contribution in [0.5, 0.6) is 0 Å². The number of hydrogen-bond donors (Lipinski definition) is 3. The molecule has 38 heavy (non-hydrogen) atoms. The molecule has 2 atom stereocenters. The fourth-order valence-electron chi connectivity index (χ4n) is 4.87. The molecule has 2 aliphatic rings. The van der Waals surface area contributed by atoms with Crippen molar-refractivity contribution < 1.29 is 33.2 Å². The first-order chi connectivity index (χ1) is 17.9. The molecule has 1 aromatic rings. The number of alkyl carbamates (subject to hydrolysis) is 1. The van der Waals surface area contributed by atoms with Crippen LogP contribution in [-0.2, 0) is 9.53 Å². The number of carbonyl (C=O) groups is 2. The third-order valence-corrected chi connectivity index (χ3v) is 6.96. The molecular formula is C26H35BF2N4O5. The summed E-state index contributed by atoms with van der Waals surface area (Å²) in [5, 5.41) is 31.3. The Bertz CT molecular complexity index is 1050. The maximum absolute atomic E-state index is 13.7. The summed E-state index contributed by atoms with van der Waals surface area (Å²) in [6.45, 7) is 3.57. The first kappa shape index (κ1) is 29.5. The molecule has 0 bridgehead atoms. The summed E-state index contributed by atoms with van der Waals surface area (Å²) in [5.74, 6) is -3.33. The summed E-state index contributed by atoms with van der Waals surface area (Å²) in [5.41, 5.74) is -0.389. The topological polar surface area (TPSA) is 126 Å². The highest BCUT2D eigenvalue weighted by molar-refractivity contribution is 6.41. The Hall–Kier alpha value is -3.01. The molecule has 3 N–H and O–H groups in total. The van der Waals surface area contributed by atoms with Crippen LogP contribution in [0.15, 0.2) is 42.0 Å². The van der Waals surface area contributed by atoms with E-state index in [1.54, 1.807) is 49.1 Å². The number of benzene rings is 1. The summed E-state index contributed by atoms with van der Waals surface area (Å²) >= 11 is 0. The minimum Gasteiger partial charge on any atom is -0.444 e. The Morgan fingerprint density at radius 1 is 1.29 bits per heavy atom. The van der Waals surface area contributed by atoms with E-state index in [1.165, 1.54) is 11.0 Å². The number of rotatable bonds is 8. The van der Waals surface area contributed by atoms with E-state index in [-0.39, 0.29) is 31.4 Å². The van der Waals surface area contributed by atoms with Crippen molar-refractivity contribution in [3.63, 3.8) is 0 Å². The van der Waals surface area contributed by atoms with E-state index < -0.39 is 49.3 Å². The monoisotopic (exact) mass is 532 g/mol. The lowest BCUT2D eigenvalue weighted by Crippen LogP contribution is -2.44. The molecule has 2 saturated heterocycles. The summed E-state index contributed by atoms with van der Waals surface area (Å²) in [4.78, 5) is 29.0. The molecule has 2 heterocycles. The summed E-state index contributed by atoms with van der Waals surface area (Å²) < 4.78 is 33.1. The number of likely N-dealkylation sites (tertiary alicyclic amines) is 2. The van der Waals surface area contributed by atoms with E-state index in [9.17, 15) is 33.7 Å². The van der Waals surface area contributed by atoms with Crippen LogP contribution in [0.4, 0.5) is 13.6 Å². The van der Waals surface area contributed by atoms with E-state index in [1.807, 2.05) is 6.07 Å². The third-order valence-electron chi connectivity index (χ3n) is 6.96. The maximum atomic E-state index is 13.7. The predicted molar refractivity (Wildman–Crippen MR) is 137 cm³/mol. The quantitative estimate of drug-likeness (QED) is 0.267. The lowest BCUT2D eigenvalue weighted by molar-refractivity contribution is -0.127. The Balaban J connectivity index is 1.66. The molecule has 0 unspecified atom stereocenters. The van der Waals surface area contributed by atoms with Crippen LogP contribution in [-0.4, -0.2) is 82.7 Å². The molecule has 2 amide bonds. The van der Waals surface area contributed by atoms with Gasteiger partial charge in [0.25, 0.3) is 11.8 Å². The molecule has 0 spiro atoms. The fourth-order valence-corrected chi connectivity index (χ4v) is 4.87. The van der Waals surface area contributed by atoms with Crippen molar-refractivity contribution in [2.75, 3.05) is 26.2 Å². The van der Waals surface area contributed by atoms with Gasteiger partial charge in [-0.3, -0.25) is 9.69 Å². The van der Waals surface area contributed by atoms with Crippen LogP contribution in [0.2, 0.25) is 6.32 Å². The first-order valence-electron chi connectivity index (χ1n) is 12.8. The number of halogens is 2. The zero-order chi connectivity index (χ0) is 27.9. The maximum Gasteiger partial charge on any atom is 0.453 e. The van der Waals surface area contributed by atoms with Crippen molar-refractivity contribution in [3.8, 4) is 6.07 Å². The molecule has 9 nitrogen and oxygen atoms in total. The SMILES string of the molecule is CC(C)(C=C(C#N)C(=O)N1CCCC[C@@H](OC(=O)N[C@H](CB(O)O)c2ccccc2)C1)N1CCC(F)(F)C1. The Morgan fingerprint density at radius 3 is 2.61 bits per heavy atom. The van der Waals surface area contributed by atoms with Gasteiger partial charge in [-0.2, -0.15) is 5.26 Å². The number of alkyl halides is 2. The van der Waals surface area contributed by atoms with Crippen molar-refractivity contribution >= 4 is 19.1 Å². The highest BCUT2D eigenvalue weighted by atomic mass is 19.3. The minimum atomic E-state index is -2.80. The minimum absolute atomic E-state index is 0.0755. The van der Waals surface area contributed by atoms with Gasteiger partial charge in [-0.15, -0.1) is 0 Å². The van der Waals surface area contributed by atoms with Gasteiger partial charge in [0.2, 0.25) is 0 Å². The van der Waals surface area contributed by atoms with E-state index in [4.69, 9.17) is 4.74 Å². The van der Waals surface area contributed by atoms with Gasteiger partial charge in [0.05, 0.1) is 19.1 Å². The third kappa shape index (κ3) is 8.25. The summed E-state index contributed by atoms with van der Waals surface area (Å²) in [7, 11) is -1.64. The largest absolute Gasteiger partial charge is 0.453 e. The van der Waals surface area contributed by atoms with Crippen LogP contribution in [0.3, 0.4) is 0 Å². The van der Waals surface area contributed by atoms with Gasteiger partial charge in [0.15, 0.2) is 0 Å². The van der Waals surface area contributed by atoms with E-state index in [0.29, 0.717) is 31.4 Å². The average Bonchev–Trinajstić information content (AvgIpc) is 3.08. The second-order valence-corrected chi connectivity index (χ2v) is 10.4. The van der Waals surface area contributed by atoms with Crippen LogP contribution in [0.25, 0.3) is 0 Å². The fraction of sp³-hybridized carbons (Fsp3) is 0.577. The number of amides is 2. The van der Waals surface area contributed by atoms with Gasteiger partial charge in [-0.05, 0) is 44.7 Å². The smallest absolute Gasteiger partial charge is 0.444 e. The van der Waals surface area contributed by atoms with Gasteiger partial charge < -0.3 is 25.0 Å². The highest BCUT2D eigenvalue weighted by Crippen LogP contribution is 2.33. The van der Waals surface area contributed by atoms with Gasteiger partial charge >= 0.3 is 13.2 Å². The van der Waals surface area contributed by atoms with Crippen molar-refractivity contribution in [2.45, 2.75) is 69.5 Å². The lowest BCUT2D eigenvalue weighted by Gasteiger charge is -2.33. The first-order valence-corrected chi connectivity index (χ1v) is 12.8. The van der Waals surface area contributed by atoms with Gasteiger partial charge in [-0.25, -0.2) is 13.6 Å². The highest BCUT2D eigenvalue weighted by Gasteiger charge is 2.43. The molecular weight excluding hydrogens is 497 g/mol. The van der Waals surface area contributed by atoms with E-state index in [0.717, 1.165) is 0 Å². The Kier molecular flexibility index (Phi) is 9.87. The van der Waals surface area contributed by atoms with Crippen molar-refractivity contribution in [2.24, 2.45) is 0 Å². The predicted octanol–water partition coefficient (Wildman–Crippen LogP) is 2.88. The number of nitrogens with zero attached hydrogens (tertiary/aromatic N) is 3. The second kappa shape index (κ2) is 12.7. The molecule has 3 rings (SSSR count). The number of ether oxygens (including phenoxy) is 1. The zero-order valence-corrected chi connectivity index (χ0v) is 21.8. The van der Waals surface area contributed by atoms with E-state index in [2.05, 4.69) is 5.32 Å². The average molecular weight is 532 g/mol. The number of nitrogens with one attached hydrogen (secondary N) is 1. The molecule has 2 aliphatic heterocycles. The van der Waals surface area contributed by atoms with Crippen LogP contribution in [0, 0.1) is 11.3 Å². The second-order valence-electron chi connectivity index (χ2n) is 10.4. The van der Waals surface area contributed by atoms with Crippen LogP contribution in [0.1, 0.15) is 51.1 Å². The molecule has 12 heteroatoms. The zero-order valence-electron chi connectivity index (χ0n) is 21.8.